The van der Waals surface area contributed by atoms with Crippen LogP contribution >= 0.6 is 0 Å². The van der Waals surface area contributed by atoms with Crippen molar-refractivity contribution in [2.24, 2.45) is 11.7 Å². The predicted molar refractivity (Wildman–Crippen MR) is 76.1 cm³/mol. The van der Waals surface area contributed by atoms with E-state index in [4.69, 9.17) is 5.73 Å². The Kier molecular flexibility index (Phi) is 4.85. The Labute approximate surface area is 124 Å². The van der Waals surface area contributed by atoms with Crippen molar-refractivity contribution in [2.45, 2.75) is 50.4 Å². The van der Waals surface area contributed by atoms with E-state index >= 15 is 0 Å². The third-order valence-corrected chi connectivity index (χ3v) is 4.72. The van der Waals surface area contributed by atoms with Gasteiger partial charge < -0.3 is 20.9 Å². The first kappa shape index (κ1) is 16.2. The Morgan fingerprint density at radius 3 is 2.71 bits per heavy atom. The minimum atomic E-state index is -0.751. The van der Waals surface area contributed by atoms with Crippen molar-refractivity contribution in [1.82, 2.24) is 10.2 Å². The first-order valence-corrected chi connectivity index (χ1v) is 7.44. The van der Waals surface area contributed by atoms with Crippen molar-refractivity contribution in [3.05, 3.63) is 0 Å². The number of nitrogens with zero attached hydrogens (tertiary/aromatic N) is 1. The van der Waals surface area contributed by atoms with Gasteiger partial charge in [-0.1, -0.05) is 0 Å². The van der Waals surface area contributed by atoms with Crippen LogP contribution in [0.3, 0.4) is 0 Å². The van der Waals surface area contributed by atoms with E-state index < -0.39 is 18.2 Å². The molecule has 2 heterocycles. The van der Waals surface area contributed by atoms with Gasteiger partial charge in [-0.15, -0.1) is 0 Å². The lowest BCUT2D eigenvalue weighted by molar-refractivity contribution is -0.142. The summed E-state index contributed by atoms with van der Waals surface area (Å²) in [4.78, 5) is 25.5. The molecule has 0 aliphatic carbocycles. The molecule has 2 aliphatic heterocycles. The molecule has 0 saturated carbocycles. The van der Waals surface area contributed by atoms with E-state index in [2.05, 4.69) is 10.1 Å². The number of piperidine rings is 1. The van der Waals surface area contributed by atoms with E-state index in [1.165, 1.54) is 7.11 Å². The van der Waals surface area contributed by atoms with Gasteiger partial charge in [0, 0.05) is 24.5 Å². The van der Waals surface area contributed by atoms with Crippen LogP contribution in [0, 0.1) is 5.92 Å². The second-order valence-corrected chi connectivity index (χ2v) is 6.20. The number of carbonyl (C=O) groups excluding carboxylic acids is 2. The molecule has 2 saturated heterocycles. The number of methoxy groups -OCH3 is 1. The van der Waals surface area contributed by atoms with Crippen LogP contribution in [0.5, 0.6) is 0 Å². The first-order valence-electron chi connectivity index (χ1n) is 7.44. The number of esters is 1. The summed E-state index contributed by atoms with van der Waals surface area (Å²) in [5, 5.41) is 12.7. The number of amides is 1. The number of aliphatic hydroxyl groups excluding tert-OH is 1. The Bertz CT molecular complexity index is 405. The van der Waals surface area contributed by atoms with Crippen LogP contribution in [0.25, 0.3) is 0 Å². The summed E-state index contributed by atoms with van der Waals surface area (Å²) in [5.41, 5.74) is 5.55. The van der Waals surface area contributed by atoms with Crippen molar-refractivity contribution in [3.63, 3.8) is 0 Å². The number of aliphatic hydroxyl groups is 1. The highest BCUT2D eigenvalue weighted by molar-refractivity contribution is 5.83. The van der Waals surface area contributed by atoms with Gasteiger partial charge in [0.2, 0.25) is 5.91 Å². The maximum Gasteiger partial charge on any atom is 0.322 e. The van der Waals surface area contributed by atoms with Gasteiger partial charge >= 0.3 is 5.97 Å². The first-order chi connectivity index (χ1) is 9.87. The molecule has 3 atom stereocenters. The summed E-state index contributed by atoms with van der Waals surface area (Å²) in [7, 11) is 1.30. The molecule has 1 amide bonds. The summed E-state index contributed by atoms with van der Waals surface area (Å²) >= 11 is 0. The van der Waals surface area contributed by atoms with Gasteiger partial charge in [-0.3, -0.25) is 14.5 Å². The molecule has 2 rings (SSSR count). The Morgan fingerprint density at radius 1 is 1.57 bits per heavy atom. The zero-order chi connectivity index (χ0) is 15.6. The third kappa shape index (κ3) is 3.53. The lowest BCUT2D eigenvalue weighted by Crippen LogP contribution is -2.52. The van der Waals surface area contributed by atoms with Crippen molar-refractivity contribution >= 4 is 11.9 Å². The molecule has 2 aliphatic rings. The summed E-state index contributed by atoms with van der Waals surface area (Å²) in [6.45, 7) is 3.27. The Balaban J connectivity index is 1.92. The molecule has 7 nitrogen and oxygen atoms in total. The van der Waals surface area contributed by atoms with Gasteiger partial charge in [-0.25, -0.2) is 0 Å². The van der Waals surface area contributed by atoms with E-state index in [9.17, 15) is 14.7 Å². The number of carbonyl (C=O) groups is 2. The van der Waals surface area contributed by atoms with Crippen LogP contribution in [-0.2, 0) is 14.3 Å². The molecule has 3 unspecified atom stereocenters. The number of hydrogen-bond acceptors (Lipinski definition) is 6. The molecular formula is C14H25N3O4. The van der Waals surface area contributed by atoms with E-state index in [1.807, 2.05) is 4.90 Å². The molecule has 7 heteroatoms. The van der Waals surface area contributed by atoms with Crippen LogP contribution in [0.2, 0.25) is 0 Å². The number of ether oxygens (including phenoxy) is 1. The highest BCUT2D eigenvalue weighted by Gasteiger charge is 2.46. The average Bonchev–Trinajstić information content (AvgIpc) is 2.74. The number of nitrogens with two attached hydrogens (primary N) is 1. The van der Waals surface area contributed by atoms with Gasteiger partial charge in [0.25, 0.3) is 0 Å². The van der Waals surface area contributed by atoms with Crippen LogP contribution in [0.15, 0.2) is 0 Å². The maximum absolute atomic E-state index is 12.1. The topological polar surface area (TPSA) is 105 Å². The fourth-order valence-electron chi connectivity index (χ4n) is 3.38. The zero-order valence-corrected chi connectivity index (χ0v) is 12.7. The molecule has 1 spiro atoms. The minimum Gasteiger partial charge on any atom is -0.468 e. The van der Waals surface area contributed by atoms with Gasteiger partial charge in [-0.2, -0.15) is 0 Å². The molecule has 2 fully saturated rings. The van der Waals surface area contributed by atoms with Crippen LogP contribution < -0.4 is 11.1 Å². The average molecular weight is 299 g/mol. The smallest absolute Gasteiger partial charge is 0.322 e. The number of hydrogen-bond donors (Lipinski definition) is 3. The quantitative estimate of drug-likeness (QED) is 0.586. The van der Waals surface area contributed by atoms with E-state index in [0.29, 0.717) is 12.8 Å². The summed E-state index contributed by atoms with van der Waals surface area (Å²) in [6, 6.07) is -0.751. The molecule has 4 N–H and O–H groups in total. The maximum atomic E-state index is 12.1. The fourth-order valence-corrected chi connectivity index (χ4v) is 3.38. The Morgan fingerprint density at radius 2 is 2.19 bits per heavy atom. The molecule has 0 aromatic carbocycles. The second-order valence-electron chi connectivity index (χ2n) is 6.20. The van der Waals surface area contributed by atoms with Crippen LogP contribution in [-0.4, -0.2) is 59.9 Å². The second kappa shape index (κ2) is 6.29. The Hall–Kier alpha value is -1.18. The molecule has 0 radical (unpaired) electrons. The van der Waals surface area contributed by atoms with Gasteiger partial charge in [0.15, 0.2) is 0 Å². The molecule has 21 heavy (non-hydrogen) atoms. The number of nitrogens with one attached hydrogen (secondary N) is 1. The molecule has 0 aromatic rings. The van der Waals surface area contributed by atoms with Crippen LogP contribution in [0.4, 0.5) is 0 Å². The normalized spacial score (nSPS) is 28.2. The van der Waals surface area contributed by atoms with Gasteiger partial charge in [-0.05, 0) is 32.6 Å². The monoisotopic (exact) mass is 299 g/mol. The molecular weight excluding hydrogens is 274 g/mol. The largest absolute Gasteiger partial charge is 0.468 e. The predicted octanol–water partition coefficient (Wildman–Crippen LogP) is -0.814. The van der Waals surface area contributed by atoms with Crippen molar-refractivity contribution in [1.29, 1.82) is 0 Å². The summed E-state index contributed by atoms with van der Waals surface area (Å²) < 4.78 is 4.60. The minimum absolute atomic E-state index is 0.0279. The molecule has 120 valence electrons. The zero-order valence-electron chi connectivity index (χ0n) is 12.7. The number of rotatable bonds is 4. The molecule has 0 bridgehead atoms. The SMILES string of the molecule is COC(=O)C(N)CC1CC2(CCN(C(C)O)CC2)NC1=O. The summed E-state index contributed by atoms with van der Waals surface area (Å²) in [6.07, 6.45) is 2.19. The highest BCUT2D eigenvalue weighted by Crippen LogP contribution is 2.36. The lowest BCUT2D eigenvalue weighted by Gasteiger charge is -2.40. The van der Waals surface area contributed by atoms with Gasteiger partial charge in [0.05, 0.1) is 7.11 Å². The lowest BCUT2D eigenvalue weighted by atomic mass is 9.82. The standard InChI is InChI=1S/C14H25N3O4/c1-9(18)17-5-3-14(4-6-17)8-10(12(19)16-14)7-11(15)13(20)21-2/h9-11,18H,3-8,15H2,1-2H3,(H,16,19). The van der Waals surface area contributed by atoms with E-state index in [-0.39, 0.29) is 17.4 Å². The van der Waals surface area contributed by atoms with E-state index in [1.54, 1.807) is 6.92 Å². The van der Waals surface area contributed by atoms with Gasteiger partial charge in [0.1, 0.15) is 12.3 Å². The highest BCUT2D eigenvalue weighted by atomic mass is 16.5. The fraction of sp³-hybridized carbons (Fsp3) is 0.857. The van der Waals surface area contributed by atoms with E-state index in [0.717, 1.165) is 25.9 Å². The van der Waals surface area contributed by atoms with Crippen molar-refractivity contribution in [2.75, 3.05) is 20.2 Å². The number of likely N-dealkylation sites (tertiary alicyclic amines) is 1. The van der Waals surface area contributed by atoms with Crippen LogP contribution in [0.1, 0.15) is 32.6 Å². The third-order valence-electron chi connectivity index (χ3n) is 4.72. The summed E-state index contributed by atoms with van der Waals surface area (Å²) in [5.74, 6) is -0.746. The van der Waals surface area contributed by atoms with Crippen molar-refractivity contribution in [3.8, 4) is 0 Å². The van der Waals surface area contributed by atoms with Crippen molar-refractivity contribution < 1.29 is 19.4 Å². The molecule has 0 aromatic heterocycles.